The van der Waals surface area contributed by atoms with E-state index in [0.717, 1.165) is 6.42 Å². The fourth-order valence-corrected chi connectivity index (χ4v) is 4.16. The molecule has 7 heteroatoms. The zero-order valence-electron chi connectivity index (χ0n) is 15.5. The Morgan fingerprint density at radius 1 is 1.31 bits per heavy atom. The van der Waals surface area contributed by atoms with Gasteiger partial charge in [0.05, 0.1) is 24.4 Å². The smallest absolute Gasteiger partial charge is 0.140 e. The molecule has 1 saturated carbocycles. The van der Waals surface area contributed by atoms with Crippen molar-refractivity contribution in [3.63, 3.8) is 0 Å². The van der Waals surface area contributed by atoms with Gasteiger partial charge in [0, 0.05) is 6.42 Å². The lowest BCUT2D eigenvalue weighted by molar-refractivity contribution is -0.183. The van der Waals surface area contributed by atoms with E-state index in [4.69, 9.17) is 9.47 Å². The molecule has 7 atom stereocenters. The molecule has 2 saturated heterocycles. The summed E-state index contributed by atoms with van der Waals surface area (Å²) >= 11 is 0. The fourth-order valence-electron chi connectivity index (χ4n) is 4.16. The molecule has 3 rings (SSSR count). The lowest BCUT2D eigenvalue weighted by Gasteiger charge is -2.43. The van der Waals surface area contributed by atoms with Crippen molar-refractivity contribution >= 4 is 0 Å². The molecule has 0 aromatic rings. The number of aliphatic hydroxyl groups is 5. The number of allylic oxidation sites excluding steroid dienone is 2. The van der Waals surface area contributed by atoms with Gasteiger partial charge in [-0.2, -0.15) is 0 Å². The molecule has 1 aliphatic carbocycles. The van der Waals surface area contributed by atoms with E-state index in [1.807, 2.05) is 6.92 Å². The van der Waals surface area contributed by atoms with Crippen LogP contribution in [0.1, 0.15) is 40.0 Å². The molecule has 26 heavy (non-hydrogen) atoms. The topological polar surface area (TPSA) is 123 Å². The minimum absolute atomic E-state index is 0.114. The van der Waals surface area contributed by atoms with Crippen molar-refractivity contribution in [2.75, 3.05) is 6.61 Å². The summed E-state index contributed by atoms with van der Waals surface area (Å²) in [5, 5.41) is 52.3. The molecule has 5 N–H and O–H groups in total. The molecular weight excluding hydrogens is 340 g/mol. The molecule has 7 nitrogen and oxygen atoms in total. The average molecular weight is 370 g/mol. The van der Waals surface area contributed by atoms with E-state index >= 15 is 0 Å². The number of fused-ring (bicyclic) bond motifs is 3. The van der Waals surface area contributed by atoms with Crippen LogP contribution in [0.25, 0.3) is 0 Å². The van der Waals surface area contributed by atoms with Gasteiger partial charge in [-0.25, -0.2) is 0 Å². The Labute approximate surface area is 153 Å². The maximum absolute atomic E-state index is 11.2. The monoisotopic (exact) mass is 370 g/mol. The van der Waals surface area contributed by atoms with Crippen LogP contribution >= 0.6 is 0 Å². The maximum atomic E-state index is 11.2. The second-order valence-electron chi connectivity index (χ2n) is 8.28. The van der Waals surface area contributed by atoms with Crippen molar-refractivity contribution in [1.82, 2.24) is 0 Å². The summed E-state index contributed by atoms with van der Waals surface area (Å²) in [6.07, 6.45) is 2.98. The second-order valence-corrected chi connectivity index (χ2v) is 8.28. The van der Waals surface area contributed by atoms with E-state index in [1.165, 1.54) is 0 Å². The van der Waals surface area contributed by atoms with Crippen molar-refractivity contribution in [2.45, 2.75) is 87.4 Å². The molecule has 0 spiro atoms. The average Bonchev–Trinajstić information content (AvgIpc) is 3.26. The lowest BCUT2D eigenvalue weighted by Crippen LogP contribution is -2.64. The Balaban J connectivity index is 1.89. The molecule has 0 radical (unpaired) electrons. The van der Waals surface area contributed by atoms with Gasteiger partial charge < -0.3 is 35.0 Å². The molecule has 3 aliphatic rings. The van der Waals surface area contributed by atoms with Crippen LogP contribution in [0.15, 0.2) is 23.8 Å². The highest BCUT2D eigenvalue weighted by atomic mass is 16.6. The Hall–Kier alpha value is -0.800. The van der Waals surface area contributed by atoms with E-state index in [1.54, 1.807) is 32.1 Å². The highest BCUT2D eigenvalue weighted by molar-refractivity contribution is 5.42. The molecule has 2 heterocycles. The van der Waals surface area contributed by atoms with Crippen LogP contribution < -0.4 is 0 Å². The van der Waals surface area contributed by atoms with Gasteiger partial charge >= 0.3 is 0 Å². The van der Waals surface area contributed by atoms with Crippen LogP contribution in [-0.2, 0) is 9.47 Å². The van der Waals surface area contributed by atoms with Crippen LogP contribution in [0.3, 0.4) is 0 Å². The Bertz CT molecular complexity index is 595. The Kier molecular flexibility index (Phi) is 5.12. The molecular formula is C19H30O7. The first-order chi connectivity index (χ1) is 12.1. The van der Waals surface area contributed by atoms with Gasteiger partial charge in [-0.05, 0) is 25.8 Å². The summed E-state index contributed by atoms with van der Waals surface area (Å²) in [5.74, 6) is 0. The molecule has 3 fully saturated rings. The molecule has 7 unspecified atom stereocenters. The number of aliphatic hydroxyl groups excluding tert-OH is 2. The van der Waals surface area contributed by atoms with Gasteiger partial charge in [0.2, 0.25) is 0 Å². The number of hydrogen-bond donors (Lipinski definition) is 5. The summed E-state index contributed by atoms with van der Waals surface area (Å²) in [5.41, 5.74) is -4.10. The van der Waals surface area contributed by atoms with Gasteiger partial charge in [0.1, 0.15) is 29.5 Å². The molecule has 0 aromatic heterocycles. The minimum atomic E-state index is -1.83. The molecule has 2 aliphatic heterocycles. The molecule has 148 valence electrons. The Morgan fingerprint density at radius 3 is 2.58 bits per heavy atom. The standard InChI is InChI=1S/C19H30O7/c1-4-6-11(21)7-5-8-12-14-15(26-14)18(23)9-13(17(2,3)22)25-16(18)19(12,24)10-20/h5,7-8,11,13-16,20-24H,4,6,9-10H2,1-3H3/b7-5+,12-8-. The largest absolute Gasteiger partial charge is 0.393 e. The van der Waals surface area contributed by atoms with Crippen molar-refractivity contribution in [2.24, 2.45) is 0 Å². The van der Waals surface area contributed by atoms with Crippen LogP contribution in [0.5, 0.6) is 0 Å². The first kappa shape index (κ1) is 19.9. The zero-order chi connectivity index (χ0) is 19.3. The highest BCUT2D eigenvalue weighted by Crippen LogP contribution is 2.57. The van der Waals surface area contributed by atoms with Gasteiger partial charge in [-0.15, -0.1) is 0 Å². The number of ether oxygens (including phenoxy) is 2. The summed E-state index contributed by atoms with van der Waals surface area (Å²) in [4.78, 5) is 0. The van der Waals surface area contributed by atoms with Crippen molar-refractivity contribution in [1.29, 1.82) is 0 Å². The molecule has 0 amide bonds. The van der Waals surface area contributed by atoms with Gasteiger partial charge in [-0.1, -0.05) is 31.6 Å². The van der Waals surface area contributed by atoms with Crippen molar-refractivity contribution in [3.05, 3.63) is 23.8 Å². The predicted molar refractivity (Wildman–Crippen MR) is 93.4 cm³/mol. The highest BCUT2D eigenvalue weighted by Gasteiger charge is 2.75. The zero-order valence-corrected chi connectivity index (χ0v) is 15.5. The third kappa shape index (κ3) is 3.16. The third-order valence-electron chi connectivity index (χ3n) is 5.71. The lowest BCUT2D eigenvalue weighted by atomic mass is 9.69. The number of hydrogen-bond acceptors (Lipinski definition) is 7. The summed E-state index contributed by atoms with van der Waals surface area (Å²) < 4.78 is 11.5. The Morgan fingerprint density at radius 2 is 2.00 bits per heavy atom. The van der Waals surface area contributed by atoms with Crippen LogP contribution in [-0.4, -0.2) is 79.5 Å². The first-order valence-electron chi connectivity index (χ1n) is 9.23. The fraction of sp³-hybridized carbons (Fsp3) is 0.789. The van der Waals surface area contributed by atoms with Crippen molar-refractivity contribution < 1.29 is 35.0 Å². The van der Waals surface area contributed by atoms with Crippen LogP contribution in [0.4, 0.5) is 0 Å². The van der Waals surface area contributed by atoms with Gasteiger partial charge in [-0.3, -0.25) is 0 Å². The summed E-state index contributed by atoms with van der Waals surface area (Å²) in [7, 11) is 0. The van der Waals surface area contributed by atoms with Gasteiger partial charge in [0.15, 0.2) is 0 Å². The predicted octanol–water partition coefficient (Wildman–Crippen LogP) is -0.206. The van der Waals surface area contributed by atoms with Crippen LogP contribution in [0.2, 0.25) is 0 Å². The molecule has 0 bridgehead atoms. The SMILES string of the molecule is CCCC(O)/C=C/C=C1/C2OC2C2(O)CC(C(C)(C)O)OC2C1(O)CO. The normalized spacial score (nSPS) is 45.0. The number of epoxide rings is 1. The van der Waals surface area contributed by atoms with E-state index in [0.29, 0.717) is 12.0 Å². The number of rotatable bonds is 6. The first-order valence-corrected chi connectivity index (χ1v) is 9.23. The summed E-state index contributed by atoms with van der Waals surface area (Å²) in [6, 6.07) is 0. The molecule has 0 aromatic carbocycles. The van der Waals surface area contributed by atoms with E-state index in [-0.39, 0.29) is 6.42 Å². The minimum Gasteiger partial charge on any atom is -0.393 e. The van der Waals surface area contributed by atoms with E-state index in [2.05, 4.69) is 0 Å². The quantitative estimate of drug-likeness (QED) is 0.410. The second kappa shape index (κ2) is 6.67. The maximum Gasteiger partial charge on any atom is 0.140 e. The van der Waals surface area contributed by atoms with Gasteiger partial charge in [0.25, 0.3) is 0 Å². The third-order valence-corrected chi connectivity index (χ3v) is 5.71. The van der Waals surface area contributed by atoms with E-state index < -0.39 is 53.9 Å². The van der Waals surface area contributed by atoms with Crippen LogP contribution in [0, 0.1) is 0 Å². The summed E-state index contributed by atoms with van der Waals surface area (Å²) in [6.45, 7) is 4.48. The van der Waals surface area contributed by atoms with Crippen molar-refractivity contribution in [3.8, 4) is 0 Å². The van der Waals surface area contributed by atoms with E-state index in [9.17, 15) is 25.5 Å².